The largest absolute Gasteiger partial charge is 0.497 e. The monoisotopic (exact) mass is 461 g/mol. The summed E-state index contributed by atoms with van der Waals surface area (Å²) < 4.78 is 29.8. The molecule has 1 atom stereocenters. The maximum absolute atomic E-state index is 13.3. The lowest BCUT2D eigenvalue weighted by Crippen LogP contribution is -2.38. The SMILES string of the molecule is COc1ccc(-c2cc(C(=O)N3CCCCC3c3ncc(Cc4ccc(F)cc4)o3)on2)cc1. The highest BCUT2D eigenvalue weighted by Crippen LogP contribution is 2.33. The van der Waals surface area contributed by atoms with E-state index >= 15 is 0 Å². The maximum atomic E-state index is 13.3. The molecule has 1 fully saturated rings. The number of carbonyl (C=O) groups excluding carboxylic acids is 1. The van der Waals surface area contributed by atoms with Crippen molar-refractivity contribution in [2.24, 2.45) is 0 Å². The summed E-state index contributed by atoms with van der Waals surface area (Å²) in [4.78, 5) is 19.5. The van der Waals surface area contributed by atoms with Crippen LogP contribution < -0.4 is 4.74 Å². The van der Waals surface area contributed by atoms with Crippen LogP contribution in [0.5, 0.6) is 5.75 Å². The Bertz CT molecular complexity index is 1260. The van der Waals surface area contributed by atoms with Crippen molar-refractivity contribution < 1.29 is 22.9 Å². The second-order valence-electron chi connectivity index (χ2n) is 8.28. The Morgan fingerprint density at radius 2 is 1.94 bits per heavy atom. The van der Waals surface area contributed by atoms with Crippen LogP contribution in [-0.4, -0.2) is 34.6 Å². The Labute approximate surface area is 196 Å². The highest BCUT2D eigenvalue weighted by molar-refractivity contribution is 5.92. The van der Waals surface area contributed by atoms with Crippen LogP contribution in [0.1, 0.15) is 53.1 Å². The highest BCUT2D eigenvalue weighted by atomic mass is 19.1. The quantitative estimate of drug-likeness (QED) is 0.381. The molecule has 1 aliphatic heterocycles. The van der Waals surface area contributed by atoms with Crippen LogP contribution in [0.4, 0.5) is 4.39 Å². The molecule has 0 N–H and O–H groups in total. The van der Waals surface area contributed by atoms with E-state index in [9.17, 15) is 9.18 Å². The number of carbonyl (C=O) groups is 1. The van der Waals surface area contributed by atoms with Crippen molar-refractivity contribution in [3.8, 4) is 17.0 Å². The molecule has 5 rings (SSSR count). The lowest BCUT2D eigenvalue weighted by molar-refractivity contribution is 0.0528. The minimum atomic E-state index is -0.280. The third-order valence-corrected chi connectivity index (χ3v) is 6.02. The molecule has 34 heavy (non-hydrogen) atoms. The smallest absolute Gasteiger partial charge is 0.293 e. The molecule has 0 spiro atoms. The number of amides is 1. The lowest BCUT2D eigenvalue weighted by Gasteiger charge is -2.32. The van der Waals surface area contributed by atoms with Crippen molar-refractivity contribution in [1.82, 2.24) is 15.0 Å². The number of ether oxygens (including phenoxy) is 1. The van der Waals surface area contributed by atoms with Crippen LogP contribution in [-0.2, 0) is 6.42 Å². The van der Waals surface area contributed by atoms with Crippen LogP contribution in [0.25, 0.3) is 11.3 Å². The molecule has 2 aromatic carbocycles. The van der Waals surface area contributed by atoms with E-state index in [4.69, 9.17) is 13.7 Å². The summed E-state index contributed by atoms with van der Waals surface area (Å²) in [6, 6.07) is 15.1. The Morgan fingerprint density at radius 1 is 1.15 bits per heavy atom. The van der Waals surface area contributed by atoms with E-state index < -0.39 is 0 Å². The first-order valence-corrected chi connectivity index (χ1v) is 11.2. The number of likely N-dealkylation sites (tertiary alicyclic amines) is 1. The van der Waals surface area contributed by atoms with E-state index in [1.807, 2.05) is 24.3 Å². The number of piperidine rings is 1. The zero-order chi connectivity index (χ0) is 23.5. The molecule has 0 saturated carbocycles. The van der Waals surface area contributed by atoms with Gasteiger partial charge in [-0.15, -0.1) is 0 Å². The van der Waals surface area contributed by atoms with Gasteiger partial charge in [0.15, 0.2) is 0 Å². The predicted octanol–water partition coefficient (Wildman–Crippen LogP) is 5.44. The Balaban J connectivity index is 1.33. The zero-order valence-electron chi connectivity index (χ0n) is 18.7. The first kappa shape index (κ1) is 21.9. The van der Waals surface area contributed by atoms with Gasteiger partial charge in [-0.05, 0) is 61.2 Å². The van der Waals surface area contributed by atoms with Crippen LogP contribution in [0.15, 0.2) is 69.7 Å². The summed E-state index contributed by atoms with van der Waals surface area (Å²) in [5.74, 6) is 1.57. The van der Waals surface area contributed by atoms with Gasteiger partial charge in [-0.1, -0.05) is 17.3 Å². The fourth-order valence-corrected chi connectivity index (χ4v) is 4.21. The topological polar surface area (TPSA) is 81.6 Å². The summed E-state index contributed by atoms with van der Waals surface area (Å²) in [6.45, 7) is 0.581. The molecule has 0 radical (unpaired) electrons. The normalized spacial score (nSPS) is 15.9. The molecule has 2 aromatic heterocycles. The number of benzene rings is 2. The summed E-state index contributed by atoms with van der Waals surface area (Å²) in [7, 11) is 1.61. The Morgan fingerprint density at radius 3 is 2.71 bits per heavy atom. The van der Waals surface area contributed by atoms with Crippen molar-refractivity contribution >= 4 is 5.91 Å². The van der Waals surface area contributed by atoms with Crippen molar-refractivity contribution in [3.63, 3.8) is 0 Å². The van der Waals surface area contributed by atoms with Crippen molar-refractivity contribution in [2.45, 2.75) is 31.7 Å². The first-order valence-electron chi connectivity index (χ1n) is 11.2. The number of halogens is 1. The fourth-order valence-electron chi connectivity index (χ4n) is 4.21. The third-order valence-electron chi connectivity index (χ3n) is 6.02. The molecule has 8 heteroatoms. The standard InChI is InChI=1S/C26H24FN3O4/c1-32-20-11-7-18(8-12-20)22-15-24(34-29-22)26(31)30-13-3-2-4-23(30)25-28-16-21(33-25)14-17-5-9-19(27)10-6-17/h5-12,15-16,23H,2-4,13-14H2,1H3. The molecular weight excluding hydrogens is 437 g/mol. The van der Waals surface area contributed by atoms with E-state index in [1.54, 1.807) is 36.4 Å². The van der Waals surface area contributed by atoms with Crippen LogP contribution in [0.2, 0.25) is 0 Å². The molecule has 0 bridgehead atoms. The fraction of sp³-hybridized carbons (Fsp3) is 0.269. The molecule has 174 valence electrons. The van der Waals surface area contributed by atoms with Crippen molar-refractivity contribution in [3.05, 3.63) is 89.6 Å². The third kappa shape index (κ3) is 4.57. The van der Waals surface area contributed by atoms with Gasteiger partial charge in [0.25, 0.3) is 5.91 Å². The van der Waals surface area contributed by atoms with Gasteiger partial charge < -0.3 is 18.6 Å². The molecule has 7 nitrogen and oxygen atoms in total. The molecule has 3 heterocycles. The number of methoxy groups -OCH3 is 1. The van der Waals surface area contributed by atoms with Gasteiger partial charge in [0.1, 0.15) is 29.1 Å². The van der Waals surface area contributed by atoms with Gasteiger partial charge in [-0.2, -0.15) is 0 Å². The number of hydrogen-bond acceptors (Lipinski definition) is 6. The van der Waals surface area contributed by atoms with Crippen LogP contribution >= 0.6 is 0 Å². The Hall–Kier alpha value is -3.94. The van der Waals surface area contributed by atoms with Crippen molar-refractivity contribution in [1.29, 1.82) is 0 Å². The van der Waals surface area contributed by atoms with Gasteiger partial charge >= 0.3 is 0 Å². The van der Waals surface area contributed by atoms with E-state index in [1.165, 1.54) is 12.1 Å². The van der Waals surface area contributed by atoms with E-state index in [-0.39, 0.29) is 23.5 Å². The highest BCUT2D eigenvalue weighted by Gasteiger charge is 2.33. The van der Waals surface area contributed by atoms with E-state index in [0.717, 1.165) is 36.1 Å². The maximum Gasteiger partial charge on any atom is 0.293 e. The van der Waals surface area contributed by atoms with Gasteiger partial charge in [-0.25, -0.2) is 9.37 Å². The van der Waals surface area contributed by atoms with Crippen molar-refractivity contribution in [2.75, 3.05) is 13.7 Å². The van der Waals surface area contributed by atoms with Gasteiger partial charge in [-0.3, -0.25) is 4.79 Å². The summed E-state index contributed by atoms with van der Waals surface area (Å²) >= 11 is 0. The molecule has 1 amide bonds. The average Bonchev–Trinajstić information content (AvgIpc) is 3.55. The molecular formula is C26H24FN3O4. The first-order chi connectivity index (χ1) is 16.6. The zero-order valence-corrected chi connectivity index (χ0v) is 18.7. The second-order valence-corrected chi connectivity index (χ2v) is 8.28. The number of rotatable bonds is 6. The molecule has 4 aromatic rings. The van der Waals surface area contributed by atoms with Gasteiger partial charge in [0, 0.05) is 24.6 Å². The molecule has 1 saturated heterocycles. The molecule has 1 aliphatic rings. The van der Waals surface area contributed by atoms with Gasteiger partial charge in [0.05, 0.1) is 13.3 Å². The number of aromatic nitrogens is 2. The molecule has 1 unspecified atom stereocenters. The number of oxazole rings is 1. The Kier molecular flexibility index (Phi) is 6.12. The van der Waals surface area contributed by atoms with E-state index in [2.05, 4.69) is 10.1 Å². The average molecular weight is 461 g/mol. The predicted molar refractivity (Wildman–Crippen MR) is 122 cm³/mol. The van der Waals surface area contributed by atoms with E-state index in [0.29, 0.717) is 30.3 Å². The summed E-state index contributed by atoms with van der Waals surface area (Å²) in [5, 5.41) is 4.08. The minimum Gasteiger partial charge on any atom is -0.497 e. The van der Waals surface area contributed by atoms with Crippen LogP contribution in [0, 0.1) is 5.82 Å². The number of hydrogen-bond donors (Lipinski definition) is 0. The number of nitrogens with zero attached hydrogens (tertiary/aromatic N) is 3. The second kappa shape index (κ2) is 9.51. The summed E-state index contributed by atoms with van der Waals surface area (Å²) in [6.07, 6.45) is 4.79. The lowest BCUT2D eigenvalue weighted by atomic mass is 10.0. The van der Waals surface area contributed by atoms with Crippen LogP contribution in [0.3, 0.4) is 0 Å². The molecule has 0 aliphatic carbocycles. The minimum absolute atomic E-state index is 0.177. The van der Waals surface area contributed by atoms with Gasteiger partial charge in [0.2, 0.25) is 11.7 Å². The summed E-state index contributed by atoms with van der Waals surface area (Å²) in [5.41, 5.74) is 2.34.